The third-order valence-corrected chi connectivity index (χ3v) is 6.24. The van der Waals surface area contributed by atoms with E-state index in [4.69, 9.17) is 16.3 Å². The third kappa shape index (κ3) is 4.88. The first kappa shape index (κ1) is 18.1. The van der Waals surface area contributed by atoms with Gasteiger partial charge in [-0.15, -0.1) is 0 Å². The number of rotatable bonds is 6. The van der Waals surface area contributed by atoms with E-state index in [0.29, 0.717) is 17.6 Å². The molecule has 1 amide bonds. The zero-order valence-corrected chi connectivity index (χ0v) is 15.7. The standard InChI is InChI=1S/C18H25ClN2O2S/c1-13-4-5-14(9-17(13)19)20-18(22)11-21(15-6-8-24-12-15)10-16-3-2-7-23-16/h4-5,9,15-16H,2-3,6-8,10-12H2,1H3,(H,20,22)/t15-,16+/m1/s1. The molecule has 132 valence electrons. The number of carbonyl (C=O) groups excluding carboxylic acids is 1. The molecule has 4 nitrogen and oxygen atoms in total. The van der Waals surface area contributed by atoms with Crippen molar-refractivity contribution in [2.75, 3.05) is 36.5 Å². The molecule has 2 heterocycles. The highest BCUT2D eigenvalue weighted by Crippen LogP contribution is 2.25. The Bertz CT molecular complexity index is 572. The number of carbonyl (C=O) groups is 1. The number of thioether (sulfide) groups is 1. The fourth-order valence-electron chi connectivity index (χ4n) is 3.26. The molecule has 0 bridgehead atoms. The average Bonchev–Trinajstić information content (AvgIpc) is 3.23. The monoisotopic (exact) mass is 368 g/mol. The van der Waals surface area contributed by atoms with Crippen molar-refractivity contribution in [1.82, 2.24) is 4.90 Å². The lowest BCUT2D eigenvalue weighted by Crippen LogP contribution is -2.44. The molecule has 2 aliphatic heterocycles. The molecule has 0 spiro atoms. The molecule has 2 aliphatic rings. The van der Waals surface area contributed by atoms with Crippen molar-refractivity contribution in [3.63, 3.8) is 0 Å². The summed E-state index contributed by atoms with van der Waals surface area (Å²) in [7, 11) is 0. The second kappa shape index (κ2) is 8.56. The largest absolute Gasteiger partial charge is 0.377 e. The molecule has 1 N–H and O–H groups in total. The Morgan fingerprint density at radius 1 is 1.46 bits per heavy atom. The number of aryl methyl sites for hydroxylation is 1. The molecular weight excluding hydrogens is 344 g/mol. The summed E-state index contributed by atoms with van der Waals surface area (Å²) in [6.07, 6.45) is 3.66. The molecule has 0 saturated carbocycles. The van der Waals surface area contributed by atoms with Crippen molar-refractivity contribution in [2.45, 2.75) is 38.3 Å². The molecule has 6 heteroatoms. The number of hydrogen-bond donors (Lipinski definition) is 1. The van der Waals surface area contributed by atoms with Crippen molar-refractivity contribution in [2.24, 2.45) is 0 Å². The summed E-state index contributed by atoms with van der Waals surface area (Å²) in [6.45, 7) is 4.07. The van der Waals surface area contributed by atoms with Crippen molar-refractivity contribution in [3.05, 3.63) is 28.8 Å². The molecule has 0 aromatic heterocycles. The van der Waals surface area contributed by atoms with Crippen molar-refractivity contribution in [3.8, 4) is 0 Å². The van der Waals surface area contributed by atoms with Gasteiger partial charge < -0.3 is 10.1 Å². The van der Waals surface area contributed by atoms with E-state index in [-0.39, 0.29) is 12.0 Å². The first-order chi connectivity index (χ1) is 11.6. The third-order valence-electron chi connectivity index (χ3n) is 4.69. The zero-order valence-electron chi connectivity index (χ0n) is 14.1. The minimum Gasteiger partial charge on any atom is -0.377 e. The quantitative estimate of drug-likeness (QED) is 0.833. The Hall–Kier alpha value is -0.750. The molecular formula is C18H25ClN2O2S. The highest BCUT2D eigenvalue weighted by atomic mass is 35.5. The molecule has 2 saturated heterocycles. The Labute approximate surface area is 153 Å². The lowest BCUT2D eigenvalue weighted by molar-refractivity contribution is -0.118. The van der Waals surface area contributed by atoms with Crippen LogP contribution < -0.4 is 5.32 Å². The first-order valence-electron chi connectivity index (χ1n) is 8.61. The Morgan fingerprint density at radius 2 is 2.33 bits per heavy atom. The molecule has 0 unspecified atom stereocenters. The molecule has 1 aromatic carbocycles. The van der Waals surface area contributed by atoms with Crippen LogP contribution in [0.4, 0.5) is 5.69 Å². The number of benzene rings is 1. The van der Waals surface area contributed by atoms with E-state index in [9.17, 15) is 4.79 Å². The predicted molar refractivity (Wildman–Crippen MR) is 101 cm³/mol. The van der Waals surface area contributed by atoms with Crippen LogP contribution >= 0.6 is 23.4 Å². The second-order valence-electron chi connectivity index (χ2n) is 6.59. The number of amides is 1. The van der Waals surface area contributed by atoms with E-state index in [0.717, 1.165) is 49.4 Å². The SMILES string of the molecule is Cc1ccc(NC(=O)CN(C[C@@H]2CCCO2)[C@@H]2CCSC2)cc1Cl. The summed E-state index contributed by atoms with van der Waals surface area (Å²) in [6, 6.07) is 6.11. The summed E-state index contributed by atoms with van der Waals surface area (Å²) in [5.41, 5.74) is 1.77. The van der Waals surface area contributed by atoms with Crippen LogP contribution in [0.3, 0.4) is 0 Å². The normalized spacial score (nSPS) is 23.8. The summed E-state index contributed by atoms with van der Waals surface area (Å²) in [5.74, 6) is 2.31. The van der Waals surface area contributed by atoms with Crippen LogP contribution in [0.15, 0.2) is 18.2 Å². The fraction of sp³-hybridized carbons (Fsp3) is 0.611. The number of nitrogens with one attached hydrogen (secondary N) is 1. The summed E-state index contributed by atoms with van der Waals surface area (Å²) >= 11 is 8.11. The van der Waals surface area contributed by atoms with Crippen molar-refractivity contribution in [1.29, 1.82) is 0 Å². The maximum atomic E-state index is 12.5. The van der Waals surface area contributed by atoms with Gasteiger partial charge in [0.2, 0.25) is 5.91 Å². The van der Waals surface area contributed by atoms with Gasteiger partial charge in [-0.05, 0) is 49.6 Å². The fourth-order valence-corrected chi connectivity index (χ4v) is 4.69. The van der Waals surface area contributed by atoms with Crippen LogP contribution in [-0.4, -0.2) is 54.2 Å². The lowest BCUT2D eigenvalue weighted by atomic mass is 10.1. The molecule has 0 radical (unpaired) electrons. The lowest BCUT2D eigenvalue weighted by Gasteiger charge is -2.29. The van der Waals surface area contributed by atoms with Gasteiger partial charge in [0.1, 0.15) is 0 Å². The van der Waals surface area contributed by atoms with Gasteiger partial charge in [-0.3, -0.25) is 9.69 Å². The van der Waals surface area contributed by atoms with Crippen LogP contribution in [0.1, 0.15) is 24.8 Å². The van der Waals surface area contributed by atoms with E-state index in [1.54, 1.807) is 0 Å². The van der Waals surface area contributed by atoms with E-state index < -0.39 is 0 Å². The van der Waals surface area contributed by atoms with Crippen LogP contribution in [0.25, 0.3) is 0 Å². The number of halogens is 1. The second-order valence-corrected chi connectivity index (χ2v) is 8.15. The van der Waals surface area contributed by atoms with Gasteiger partial charge in [-0.2, -0.15) is 11.8 Å². The maximum absolute atomic E-state index is 12.5. The smallest absolute Gasteiger partial charge is 0.238 e. The molecule has 24 heavy (non-hydrogen) atoms. The number of ether oxygens (including phenoxy) is 1. The van der Waals surface area contributed by atoms with Gasteiger partial charge >= 0.3 is 0 Å². The van der Waals surface area contributed by atoms with Gasteiger partial charge in [-0.25, -0.2) is 0 Å². The summed E-state index contributed by atoms with van der Waals surface area (Å²) in [4.78, 5) is 14.8. The van der Waals surface area contributed by atoms with Crippen LogP contribution in [0.2, 0.25) is 5.02 Å². The van der Waals surface area contributed by atoms with E-state index >= 15 is 0 Å². The number of anilines is 1. The van der Waals surface area contributed by atoms with Gasteiger partial charge in [0.05, 0.1) is 12.6 Å². The van der Waals surface area contributed by atoms with Gasteiger partial charge in [-0.1, -0.05) is 17.7 Å². The first-order valence-corrected chi connectivity index (χ1v) is 10.1. The summed E-state index contributed by atoms with van der Waals surface area (Å²) < 4.78 is 5.77. The van der Waals surface area contributed by atoms with Crippen molar-refractivity contribution >= 4 is 35.0 Å². The molecule has 2 fully saturated rings. The van der Waals surface area contributed by atoms with E-state index in [2.05, 4.69) is 10.2 Å². The van der Waals surface area contributed by atoms with Gasteiger partial charge in [0, 0.05) is 35.7 Å². The highest BCUT2D eigenvalue weighted by Gasteiger charge is 2.28. The van der Waals surface area contributed by atoms with Crippen LogP contribution in [0.5, 0.6) is 0 Å². The average molecular weight is 369 g/mol. The van der Waals surface area contributed by atoms with E-state index in [1.807, 2.05) is 36.9 Å². The topological polar surface area (TPSA) is 41.6 Å². The highest BCUT2D eigenvalue weighted by molar-refractivity contribution is 7.99. The Morgan fingerprint density at radius 3 is 3.00 bits per heavy atom. The minimum absolute atomic E-state index is 0.0183. The molecule has 2 atom stereocenters. The molecule has 0 aliphatic carbocycles. The number of hydrogen-bond acceptors (Lipinski definition) is 4. The van der Waals surface area contributed by atoms with Gasteiger partial charge in [0.15, 0.2) is 0 Å². The van der Waals surface area contributed by atoms with Crippen LogP contribution in [-0.2, 0) is 9.53 Å². The minimum atomic E-state index is 0.0183. The van der Waals surface area contributed by atoms with Gasteiger partial charge in [0.25, 0.3) is 0 Å². The zero-order chi connectivity index (χ0) is 16.9. The molecule has 1 aromatic rings. The number of nitrogens with zero attached hydrogens (tertiary/aromatic N) is 1. The maximum Gasteiger partial charge on any atom is 0.238 e. The Kier molecular flexibility index (Phi) is 6.44. The molecule has 3 rings (SSSR count). The van der Waals surface area contributed by atoms with E-state index in [1.165, 1.54) is 5.75 Å². The summed E-state index contributed by atoms with van der Waals surface area (Å²) in [5, 5.41) is 3.65. The Balaban J connectivity index is 1.59. The van der Waals surface area contributed by atoms with Crippen LogP contribution in [0, 0.1) is 6.92 Å². The van der Waals surface area contributed by atoms with Crippen molar-refractivity contribution < 1.29 is 9.53 Å². The predicted octanol–water partition coefficient (Wildman–Crippen LogP) is 3.57.